The van der Waals surface area contributed by atoms with Crippen LogP contribution in [0, 0.1) is 0 Å². The van der Waals surface area contributed by atoms with Crippen LogP contribution in [0.4, 0.5) is 0 Å². The van der Waals surface area contributed by atoms with Crippen LogP contribution in [0.3, 0.4) is 0 Å². The van der Waals surface area contributed by atoms with Crippen LogP contribution in [-0.2, 0) is 0 Å². The number of halogens is 1. The molecule has 2 aromatic carbocycles. The van der Waals surface area contributed by atoms with Crippen molar-refractivity contribution in [2.24, 2.45) is 4.99 Å². The Labute approximate surface area is 178 Å². The summed E-state index contributed by atoms with van der Waals surface area (Å²) in [5, 5.41) is 4.52. The van der Waals surface area contributed by atoms with Crippen LogP contribution in [0.15, 0.2) is 76.3 Å². The SMILES string of the molecule is CC1(C)CNC(c2ccc(-c3cc(Br)cc(-c4cc5cccnc5[nH]4)c3)cc2)=N1. The Morgan fingerprint density at radius 3 is 2.38 bits per heavy atom. The molecule has 0 bridgehead atoms. The van der Waals surface area contributed by atoms with Crippen LogP contribution in [-0.4, -0.2) is 27.9 Å². The molecule has 0 atom stereocenters. The molecule has 2 aromatic heterocycles. The van der Waals surface area contributed by atoms with Gasteiger partial charge in [0.15, 0.2) is 0 Å². The van der Waals surface area contributed by atoms with Gasteiger partial charge in [0.1, 0.15) is 11.5 Å². The molecule has 1 aliphatic rings. The third-order valence-corrected chi connectivity index (χ3v) is 5.65. The summed E-state index contributed by atoms with van der Waals surface area (Å²) in [7, 11) is 0. The van der Waals surface area contributed by atoms with Crippen molar-refractivity contribution in [3.63, 3.8) is 0 Å². The molecular weight excluding hydrogens is 424 g/mol. The van der Waals surface area contributed by atoms with Gasteiger partial charge in [-0.1, -0.05) is 40.2 Å². The normalized spacial score (nSPS) is 15.3. The molecule has 144 valence electrons. The van der Waals surface area contributed by atoms with Crippen molar-refractivity contribution >= 4 is 32.8 Å². The monoisotopic (exact) mass is 444 g/mol. The predicted octanol–water partition coefficient (Wildman–Crippen LogP) is 5.79. The number of aliphatic imine (C=N–C) groups is 1. The van der Waals surface area contributed by atoms with E-state index in [0.717, 1.165) is 50.3 Å². The number of amidine groups is 1. The highest BCUT2D eigenvalue weighted by atomic mass is 79.9. The van der Waals surface area contributed by atoms with E-state index in [-0.39, 0.29) is 5.54 Å². The second kappa shape index (κ2) is 6.85. The zero-order valence-corrected chi connectivity index (χ0v) is 17.9. The Balaban J connectivity index is 1.50. The van der Waals surface area contributed by atoms with E-state index in [1.807, 2.05) is 6.07 Å². The average Bonchev–Trinajstić information content (AvgIpc) is 3.30. The molecule has 2 N–H and O–H groups in total. The number of hydrogen-bond donors (Lipinski definition) is 2. The predicted molar refractivity (Wildman–Crippen MR) is 123 cm³/mol. The van der Waals surface area contributed by atoms with Gasteiger partial charge in [-0.15, -0.1) is 0 Å². The Bertz CT molecular complexity index is 1200. The number of hydrogen-bond acceptors (Lipinski definition) is 3. The van der Waals surface area contributed by atoms with E-state index >= 15 is 0 Å². The lowest BCUT2D eigenvalue weighted by Gasteiger charge is -2.09. The van der Waals surface area contributed by atoms with E-state index in [4.69, 9.17) is 4.99 Å². The topological polar surface area (TPSA) is 53.1 Å². The first kappa shape index (κ1) is 18.1. The van der Waals surface area contributed by atoms with E-state index in [1.165, 1.54) is 5.56 Å². The highest BCUT2D eigenvalue weighted by Gasteiger charge is 2.24. The zero-order chi connectivity index (χ0) is 20.0. The first-order chi connectivity index (χ1) is 14.0. The fraction of sp³-hybridized carbons (Fsp3) is 0.167. The second-order valence-electron chi connectivity index (χ2n) is 8.06. The van der Waals surface area contributed by atoms with E-state index < -0.39 is 0 Å². The quantitative estimate of drug-likeness (QED) is 0.420. The van der Waals surface area contributed by atoms with Crippen LogP contribution >= 0.6 is 15.9 Å². The maximum absolute atomic E-state index is 4.77. The summed E-state index contributed by atoms with van der Waals surface area (Å²) >= 11 is 3.67. The number of aromatic amines is 1. The second-order valence-corrected chi connectivity index (χ2v) is 8.97. The van der Waals surface area contributed by atoms with Crippen molar-refractivity contribution in [3.05, 3.63) is 76.9 Å². The molecule has 29 heavy (non-hydrogen) atoms. The number of benzene rings is 2. The highest BCUT2D eigenvalue weighted by molar-refractivity contribution is 9.10. The van der Waals surface area contributed by atoms with Crippen LogP contribution in [0.2, 0.25) is 0 Å². The summed E-state index contributed by atoms with van der Waals surface area (Å²) in [6.45, 7) is 5.16. The minimum absolute atomic E-state index is 0.0400. The first-order valence-corrected chi connectivity index (χ1v) is 10.5. The molecule has 0 saturated heterocycles. The Morgan fingerprint density at radius 1 is 0.897 bits per heavy atom. The van der Waals surface area contributed by atoms with Gasteiger partial charge in [0.05, 0.1) is 5.54 Å². The van der Waals surface area contributed by atoms with Crippen molar-refractivity contribution < 1.29 is 0 Å². The van der Waals surface area contributed by atoms with Crippen LogP contribution < -0.4 is 5.32 Å². The molecule has 0 radical (unpaired) electrons. The van der Waals surface area contributed by atoms with Crippen molar-refractivity contribution in [1.29, 1.82) is 0 Å². The molecule has 0 fully saturated rings. The number of rotatable bonds is 3. The molecule has 0 spiro atoms. The summed E-state index contributed by atoms with van der Waals surface area (Å²) in [4.78, 5) is 12.6. The van der Waals surface area contributed by atoms with Crippen molar-refractivity contribution in [2.75, 3.05) is 6.54 Å². The lowest BCUT2D eigenvalue weighted by Crippen LogP contribution is -2.26. The molecule has 0 amide bonds. The fourth-order valence-electron chi connectivity index (χ4n) is 3.69. The van der Waals surface area contributed by atoms with Gasteiger partial charge in [-0.2, -0.15) is 0 Å². The van der Waals surface area contributed by atoms with Crippen molar-refractivity contribution in [3.8, 4) is 22.4 Å². The van der Waals surface area contributed by atoms with Gasteiger partial charge in [-0.25, -0.2) is 4.98 Å². The lowest BCUT2D eigenvalue weighted by atomic mass is 10.0. The van der Waals surface area contributed by atoms with Crippen LogP contribution in [0.25, 0.3) is 33.4 Å². The summed E-state index contributed by atoms with van der Waals surface area (Å²) in [5.74, 6) is 0.974. The van der Waals surface area contributed by atoms with Crippen LogP contribution in [0.5, 0.6) is 0 Å². The number of H-pyrrole nitrogens is 1. The summed E-state index contributed by atoms with van der Waals surface area (Å²) in [6, 6.07) is 21.2. The minimum Gasteiger partial charge on any atom is -0.367 e. The molecule has 4 aromatic rings. The number of fused-ring (bicyclic) bond motifs is 1. The number of nitrogens with one attached hydrogen (secondary N) is 2. The van der Waals surface area contributed by atoms with E-state index in [0.29, 0.717) is 0 Å². The van der Waals surface area contributed by atoms with Gasteiger partial charge >= 0.3 is 0 Å². The van der Waals surface area contributed by atoms with Crippen molar-refractivity contribution in [1.82, 2.24) is 15.3 Å². The Kier molecular flexibility index (Phi) is 4.28. The number of aromatic nitrogens is 2. The average molecular weight is 445 g/mol. The summed E-state index contributed by atoms with van der Waals surface area (Å²) < 4.78 is 1.05. The molecule has 0 saturated carbocycles. The third kappa shape index (κ3) is 3.58. The standard InChI is InChI=1S/C24H21BrN4/c1-24(2)14-27-23(29-24)16-7-5-15(6-8-16)18-10-19(12-20(25)11-18)21-13-17-4-3-9-26-22(17)28-21/h3-13H,14H2,1-2H3,(H,26,28)(H,27,29). The summed E-state index contributed by atoms with van der Waals surface area (Å²) in [6.07, 6.45) is 1.81. The maximum Gasteiger partial charge on any atom is 0.137 e. The van der Waals surface area contributed by atoms with Gasteiger partial charge in [0, 0.05) is 33.9 Å². The lowest BCUT2D eigenvalue weighted by molar-refractivity contribution is 0.549. The van der Waals surface area contributed by atoms with Gasteiger partial charge in [-0.05, 0) is 66.9 Å². The maximum atomic E-state index is 4.77. The first-order valence-electron chi connectivity index (χ1n) is 9.66. The van der Waals surface area contributed by atoms with Gasteiger partial charge in [0.2, 0.25) is 0 Å². The third-order valence-electron chi connectivity index (χ3n) is 5.20. The summed E-state index contributed by atoms with van der Waals surface area (Å²) in [5.41, 5.74) is 6.50. The van der Waals surface area contributed by atoms with Gasteiger partial charge in [-0.3, -0.25) is 4.99 Å². The molecular formula is C24H21BrN4. The molecule has 3 heterocycles. The molecule has 0 aliphatic carbocycles. The molecule has 1 aliphatic heterocycles. The molecule has 5 heteroatoms. The number of nitrogens with zero attached hydrogens (tertiary/aromatic N) is 2. The molecule has 0 unspecified atom stereocenters. The van der Waals surface area contributed by atoms with E-state index in [1.54, 1.807) is 6.20 Å². The largest absolute Gasteiger partial charge is 0.367 e. The molecule has 4 nitrogen and oxygen atoms in total. The molecule has 5 rings (SSSR count). The fourth-order valence-corrected chi connectivity index (χ4v) is 4.19. The van der Waals surface area contributed by atoms with Crippen LogP contribution in [0.1, 0.15) is 19.4 Å². The van der Waals surface area contributed by atoms with Gasteiger partial charge in [0.25, 0.3) is 0 Å². The van der Waals surface area contributed by atoms with E-state index in [9.17, 15) is 0 Å². The zero-order valence-electron chi connectivity index (χ0n) is 16.3. The smallest absolute Gasteiger partial charge is 0.137 e. The van der Waals surface area contributed by atoms with Crippen molar-refractivity contribution in [2.45, 2.75) is 19.4 Å². The van der Waals surface area contributed by atoms with E-state index in [2.05, 4.69) is 99.7 Å². The Hall–Kier alpha value is -2.92. The van der Waals surface area contributed by atoms with Gasteiger partial charge < -0.3 is 10.3 Å². The Morgan fingerprint density at radius 2 is 1.66 bits per heavy atom. The highest BCUT2D eigenvalue weighted by Crippen LogP contribution is 2.31. The number of pyridine rings is 1. The minimum atomic E-state index is -0.0400.